The Morgan fingerprint density at radius 3 is 2.91 bits per heavy atom. The lowest BCUT2D eigenvalue weighted by Gasteiger charge is -2.50. The van der Waals surface area contributed by atoms with Crippen LogP contribution in [0.4, 0.5) is 5.13 Å². The molecule has 1 N–H and O–H groups in total. The highest BCUT2D eigenvalue weighted by atomic mass is 35.5. The Kier molecular flexibility index (Phi) is 2.76. The van der Waals surface area contributed by atoms with Crippen molar-refractivity contribution in [1.82, 2.24) is 4.98 Å². The van der Waals surface area contributed by atoms with Crippen molar-refractivity contribution >= 4 is 44.9 Å². The van der Waals surface area contributed by atoms with E-state index < -0.39 is 10.9 Å². The highest BCUT2D eigenvalue weighted by molar-refractivity contribution is 7.13. The van der Waals surface area contributed by atoms with E-state index in [0.717, 1.165) is 0 Å². The van der Waals surface area contributed by atoms with Gasteiger partial charge in [-0.2, -0.15) is 0 Å². The number of benzene rings is 1. The summed E-state index contributed by atoms with van der Waals surface area (Å²) in [7, 11) is 0. The third-order valence-corrected chi connectivity index (χ3v) is 5.40. The molecule has 0 spiro atoms. The molecule has 3 heterocycles. The normalized spacial score (nSPS) is 24.7. The molecule has 7 heteroatoms. The first-order valence-electron chi connectivity index (χ1n) is 6.63. The Hall–Kier alpha value is -2.05. The summed E-state index contributed by atoms with van der Waals surface area (Å²) < 4.78 is 5.80. The van der Waals surface area contributed by atoms with E-state index in [2.05, 4.69) is 4.98 Å². The molecule has 3 aromatic rings. The van der Waals surface area contributed by atoms with Gasteiger partial charge in [0.05, 0.1) is 5.39 Å². The maximum absolute atomic E-state index is 12.2. The van der Waals surface area contributed by atoms with Crippen LogP contribution in [0.5, 0.6) is 5.75 Å². The summed E-state index contributed by atoms with van der Waals surface area (Å²) in [5, 5.41) is 12.6. The van der Waals surface area contributed by atoms with Gasteiger partial charge in [0.1, 0.15) is 16.5 Å². The third-order valence-electron chi connectivity index (χ3n) is 4.03. The standard InChI is InChI=1S/C15H11ClN2O3S/c1-15(11(16)13(20)18(15)14-17-6-7-22-14)12-10(19)8-4-2-3-5-9(8)21-12/h2-7,11,19H,1H3. The second kappa shape index (κ2) is 4.47. The van der Waals surface area contributed by atoms with Crippen LogP contribution in [0.15, 0.2) is 40.3 Å². The Labute approximate surface area is 134 Å². The van der Waals surface area contributed by atoms with Crippen molar-refractivity contribution in [2.24, 2.45) is 0 Å². The van der Waals surface area contributed by atoms with Gasteiger partial charge in [0, 0.05) is 11.6 Å². The van der Waals surface area contributed by atoms with Gasteiger partial charge in [-0.05, 0) is 19.1 Å². The molecule has 22 heavy (non-hydrogen) atoms. The minimum absolute atomic E-state index is 0.0119. The van der Waals surface area contributed by atoms with Gasteiger partial charge in [-0.3, -0.25) is 9.69 Å². The number of aromatic hydroxyl groups is 1. The number of hydrogen-bond donors (Lipinski definition) is 1. The number of para-hydroxylation sites is 1. The van der Waals surface area contributed by atoms with Crippen molar-refractivity contribution in [2.75, 3.05) is 4.90 Å². The predicted octanol–water partition coefficient (Wildman–Crippen LogP) is 3.46. The zero-order chi connectivity index (χ0) is 15.5. The van der Waals surface area contributed by atoms with Crippen molar-refractivity contribution in [3.8, 4) is 5.75 Å². The second-order valence-corrected chi connectivity index (χ2v) is 6.58. The van der Waals surface area contributed by atoms with Gasteiger partial charge in [-0.25, -0.2) is 4.98 Å². The van der Waals surface area contributed by atoms with Crippen LogP contribution in [-0.2, 0) is 10.3 Å². The summed E-state index contributed by atoms with van der Waals surface area (Å²) in [5.41, 5.74) is -0.418. The Bertz CT molecular complexity index is 876. The molecule has 0 bridgehead atoms. The first-order chi connectivity index (χ1) is 10.5. The largest absolute Gasteiger partial charge is 0.504 e. The highest BCUT2D eigenvalue weighted by Crippen LogP contribution is 2.52. The number of furan rings is 1. The monoisotopic (exact) mass is 334 g/mol. The van der Waals surface area contributed by atoms with Crippen LogP contribution in [0.25, 0.3) is 11.0 Å². The van der Waals surface area contributed by atoms with E-state index in [0.29, 0.717) is 16.1 Å². The number of hydrogen-bond acceptors (Lipinski definition) is 5. The SMILES string of the molecule is CC1(c2oc3ccccc3c2O)C(Cl)C(=O)N1c1nccs1. The molecule has 1 aliphatic rings. The Balaban J connectivity index is 1.91. The lowest BCUT2D eigenvalue weighted by molar-refractivity contribution is -0.127. The van der Waals surface area contributed by atoms with Gasteiger partial charge in [0.2, 0.25) is 0 Å². The van der Waals surface area contributed by atoms with Crippen LogP contribution in [0.3, 0.4) is 0 Å². The van der Waals surface area contributed by atoms with Gasteiger partial charge in [-0.15, -0.1) is 22.9 Å². The predicted molar refractivity (Wildman–Crippen MR) is 84.5 cm³/mol. The number of rotatable bonds is 2. The van der Waals surface area contributed by atoms with E-state index in [-0.39, 0.29) is 17.4 Å². The molecule has 4 rings (SSSR count). The number of β-lactam (4-membered cyclic amide) rings is 1. The highest BCUT2D eigenvalue weighted by Gasteiger charge is 2.62. The van der Waals surface area contributed by atoms with Gasteiger partial charge < -0.3 is 9.52 Å². The van der Waals surface area contributed by atoms with Gasteiger partial charge in [-0.1, -0.05) is 12.1 Å². The molecule has 0 radical (unpaired) electrons. The number of nitrogens with zero attached hydrogens (tertiary/aromatic N) is 2. The molecular formula is C15H11ClN2O3S. The smallest absolute Gasteiger partial charge is 0.250 e. The second-order valence-electron chi connectivity index (χ2n) is 5.27. The lowest BCUT2D eigenvalue weighted by atomic mass is 9.82. The fourth-order valence-electron chi connectivity index (χ4n) is 2.84. The molecule has 112 valence electrons. The molecule has 2 unspecified atom stereocenters. The molecular weight excluding hydrogens is 324 g/mol. The van der Waals surface area contributed by atoms with E-state index in [1.807, 2.05) is 12.1 Å². The molecule has 0 saturated carbocycles. The number of amides is 1. The van der Waals surface area contributed by atoms with Crippen LogP contribution in [0, 0.1) is 0 Å². The summed E-state index contributed by atoms with van der Waals surface area (Å²) in [6, 6.07) is 7.16. The summed E-state index contributed by atoms with van der Waals surface area (Å²) in [4.78, 5) is 17.9. The number of carbonyl (C=O) groups is 1. The van der Waals surface area contributed by atoms with Crippen molar-refractivity contribution in [3.05, 3.63) is 41.6 Å². The maximum Gasteiger partial charge on any atom is 0.250 e. The molecule has 1 aromatic carbocycles. The van der Waals surface area contributed by atoms with Crippen LogP contribution in [0.2, 0.25) is 0 Å². The fourth-order valence-corrected chi connectivity index (χ4v) is 3.89. The number of carbonyl (C=O) groups excluding carboxylic acids is 1. The molecule has 2 atom stereocenters. The van der Waals surface area contributed by atoms with E-state index in [4.69, 9.17) is 16.0 Å². The molecule has 1 fully saturated rings. The zero-order valence-electron chi connectivity index (χ0n) is 11.5. The number of thiazole rings is 1. The van der Waals surface area contributed by atoms with Crippen LogP contribution in [-0.4, -0.2) is 21.4 Å². The van der Waals surface area contributed by atoms with Crippen LogP contribution >= 0.6 is 22.9 Å². The van der Waals surface area contributed by atoms with E-state index in [1.54, 1.807) is 30.6 Å². The van der Waals surface area contributed by atoms with Crippen LogP contribution in [0.1, 0.15) is 12.7 Å². The number of aromatic nitrogens is 1. The van der Waals surface area contributed by atoms with E-state index >= 15 is 0 Å². The topological polar surface area (TPSA) is 66.6 Å². The van der Waals surface area contributed by atoms with Crippen molar-refractivity contribution in [3.63, 3.8) is 0 Å². The first-order valence-corrected chi connectivity index (χ1v) is 7.95. The van der Waals surface area contributed by atoms with E-state index in [1.165, 1.54) is 16.2 Å². The minimum atomic E-state index is -0.973. The fraction of sp³-hybridized carbons (Fsp3) is 0.200. The van der Waals surface area contributed by atoms with Gasteiger partial charge >= 0.3 is 0 Å². The number of anilines is 1. The maximum atomic E-state index is 12.2. The summed E-state index contributed by atoms with van der Waals surface area (Å²) in [6.07, 6.45) is 1.62. The number of halogens is 1. The molecule has 5 nitrogen and oxygen atoms in total. The quantitative estimate of drug-likeness (QED) is 0.575. The Morgan fingerprint density at radius 1 is 1.45 bits per heavy atom. The average molecular weight is 335 g/mol. The summed E-state index contributed by atoms with van der Waals surface area (Å²) in [6.45, 7) is 1.77. The van der Waals surface area contributed by atoms with Crippen molar-refractivity contribution in [2.45, 2.75) is 17.8 Å². The molecule has 0 aliphatic carbocycles. The number of fused-ring (bicyclic) bond motifs is 1. The molecule has 2 aromatic heterocycles. The first kappa shape index (κ1) is 13.6. The average Bonchev–Trinajstić information content (AvgIpc) is 3.16. The zero-order valence-corrected chi connectivity index (χ0v) is 13.1. The van der Waals surface area contributed by atoms with E-state index in [9.17, 15) is 9.90 Å². The third kappa shape index (κ3) is 1.54. The lowest BCUT2D eigenvalue weighted by Crippen LogP contribution is -2.69. The van der Waals surface area contributed by atoms with Crippen molar-refractivity contribution in [1.29, 1.82) is 0 Å². The number of alkyl halides is 1. The van der Waals surface area contributed by atoms with Gasteiger partial charge in [0.25, 0.3) is 5.91 Å². The molecule has 1 saturated heterocycles. The van der Waals surface area contributed by atoms with Crippen molar-refractivity contribution < 1.29 is 14.3 Å². The van der Waals surface area contributed by atoms with Crippen LogP contribution < -0.4 is 4.90 Å². The molecule has 1 amide bonds. The minimum Gasteiger partial charge on any atom is -0.504 e. The summed E-state index contributed by atoms with van der Waals surface area (Å²) in [5.74, 6) is 0.0419. The van der Waals surface area contributed by atoms with Gasteiger partial charge in [0.15, 0.2) is 16.6 Å². The summed E-state index contributed by atoms with van der Waals surface area (Å²) >= 11 is 7.60. The Morgan fingerprint density at radius 2 is 2.23 bits per heavy atom. The molecule has 1 aliphatic heterocycles.